The van der Waals surface area contributed by atoms with E-state index in [9.17, 15) is 0 Å². The standard InChI is InChI=1S/C12H13N3/c1-2-7-13-12(6-1)10-8-14-15(9-10)11-4-3-5-11/h1-2,6-9,11H,3-5H2. The molecule has 3 rings (SSSR count). The fourth-order valence-electron chi connectivity index (χ4n) is 1.85. The van der Waals surface area contributed by atoms with Crippen LogP contribution in [-0.4, -0.2) is 14.8 Å². The molecule has 2 aromatic heterocycles. The summed E-state index contributed by atoms with van der Waals surface area (Å²) in [7, 11) is 0. The van der Waals surface area contributed by atoms with E-state index in [1.807, 2.05) is 30.6 Å². The van der Waals surface area contributed by atoms with E-state index in [0.29, 0.717) is 6.04 Å². The van der Waals surface area contributed by atoms with Crippen molar-refractivity contribution >= 4 is 0 Å². The van der Waals surface area contributed by atoms with E-state index in [2.05, 4.69) is 21.0 Å². The lowest BCUT2D eigenvalue weighted by atomic mass is 9.93. The number of pyridine rings is 1. The van der Waals surface area contributed by atoms with Gasteiger partial charge in [-0.3, -0.25) is 9.67 Å². The predicted octanol–water partition coefficient (Wildman–Crippen LogP) is 2.67. The third-order valence-corrected chi connectivity index (χ3v) is 3.01. The molecule has 0 bridgehead atoms. The maximum atomic E-state index is 4.39. The van der Waals surface area contributed by atoms with Crippen molar-refractivity contribution in [3.05, 3.63) is 36.8 Å². The average Bonchev–Trinajstić information content (AvgIpc) is 2.66. The number of hydrogen-bond acceptors (Lipinski definition) is 2. The summed E-state index contributed by atoms with van der Waals surface area (Å²) in [5.74, 6) is 0. The summed E-state index contributed by atoms with van der Waals surface area (Å²) >= 11 is 0. The zero-order valence-electron chi connectivity index (χ0n) is 8.50. The van der Waals surface area contributed by atoms with Crippen LogP contribution in [0.25, 0.3) is 11.3 Å². The number of rotatable bonds is 2. The Morgan fingerprint density at radius 1 is 1.27 bits per heavy atom. The lowest BCUT2D eigenvalue weighted by Crippen LogP contribution is -2.16. The second-order valence-electron chi connectivity index (χ2n) is 4.01. The van der Waals surface area contributed by atoms with Crippen molar-refractivity contribution in [1.82, 2.24) is 14.8 Å². The van der Waals surface area contributed by atoms with Crippen molar-refractivity contribution in [2.45, 2.75) is 25.3 Å². The quantitative estimate of drug-likeness (QED) is 0.744. The summed E-state index contributed by atoms with van der Waals surface area (Å²) in [4.78, 5) is 4.31. The molecule has 1 saturated carbocycles. The first kappa shape index (κ1) is 8.65. The van der Waals surface area contributed by atoms with E-state index in [1.165, 1.54) is 19.3 Å². The zero-order chi connectivity index (χ0) is 10.1. The summed E-state index contributed by atoms with van der Waals surface area (Å²) < 4.78 is 2.08. The molecule has 0 amide bonds. The molecule has 1 aliphatic rings. The van der Waals surface area contributed by atoms with Crippen molar-refractivity contribution in [2.75, 3.05) is 0 Å². The number of aromatic nitrogens is 3. The molecule has 76 valence electrons. The van der Waals surface area contributed by atoms with Gasteiger partial charge < -0.3 is 0 Å². The van der Waals surface area contributed by atoms with Gasteiger partial charge in [0.1, 0.15) is 0 Å². The van der Waals surface area contributed by atoms with Crippen LogP contribution < -0.4 is 0 Å². The van der Waals surface area contributed by atoms with Crippen molar-refractivity contribution in [2.24, 2.45) is 0 Å². The van der Waals surface area contributed by atoms with Gasteiger partial charge >= 0.3 is 0 Å². The highest BCUT2D eigenvalue weighted by molar-refractivity contribution is 5.56. The minimum atomic E-state index is 0.627. The largest absolute Gasteiger partial charge is 0.269 e. The maximum Gasteiger partial charge on any atom is 0.0733 e. The molecule has 0 unspecified atom stereocenters. The third-order valence-electron chi connectivity index (χ3n) is 3.01. The van der Waals surface area contributed by atoms with Gasteiger partial charge in [0.2, 0.25) is 0 Å². The molecular weight excluding hydrogens is 186 g/mol. The van der Waals surface area contributed by atoms with Crippen LogP contribution in [0.5, 0.6) is 0 Å². The van der Waals surface area contributed by atoms with Gasteiger partial charge in [-0.25, -0.2) is 0 Å². The SMILES string of the molecule is c1ccc(-c2cnn(C3CCC3)c2)nc1. The molecule has 3 heteroatoms. The fraction of sp³-hybridized carbons (Fsp3) is 0.333. The summed E-state index contributed by atoms with van der Waals surface area (Å²) in [6.45, 7) is 0. The first-order valence-electron chi connectivity index (χ1n) is 5.39. The van der Waals surface area contributed by atoms with Gasteiger partial charge in [-0.05, 0) is 31.4 Å². The minimum absolute atomic E-state index is 0.627. The number of nitrogens with zero attached hydrogens (tertiary/aromatic N) is 3. The molecule has 0 spiro atoms. The zero-order valence-corrected chi connectivity index (χ0v) is 8.50. The Labute approximate surface area is 88.8 Å². The molecule has 0 radical (unpaired) electrons. The fourth-order valence-corrected chi connectivity index (χ4v) is 1.85. The van der Waals surface area contributed by atoms with Crippen molar-refractivity contribution in [1.29, 1.82) is 0 Å². The molecule has 1 aliphatic carbocycles. The van der Waals surface area contributed by atoms with E-state index in [0.717, 1.165) is 11.3 Å². The molecule has 2 aromatic rings. The van der Waals surface area contributed by atoms with Gasteiger partial charge in [-0.1, -0.05) is 6.07 Å². The van der Waals surface area contributed by atoms with Crippen LogP contribution in [0.15, 0.2) is 36.8 Å². The monoisotopic (exact) mass is 199 g/mol. The molecular formula is C12H13N3. The minimum Gasteiger partial charge on any atom is -0.269 e. The van der Waals surface area contributed by atoms with Gasteiger partial charge in [0.15, 0.2) is 0 Å². The highest BCUT2D eigenvalue weighted by Crippen LogP contribution is 2.31. The van der Waals surface area contributed by atoms with Gasteiger partial charge in [0, 0.05) is 18.0 Å². The summed E-state index contributed by atoms with van der Waals surface area (Å²) in [5.41, 5.74) is 2.12. The van der Waals surface area contributed by atoms with Crippen LogP contribution in [0, 0.1) is 0 Å². The number of hydrogen-bond donors (Lipinski definition) is 0. The van der Waals surface area contributed by atoms with E-state index in [4.69, 9.17) is 0 Å². The molecule has 0 aromatic carbocycles. The molecule has 0 saturated heterocycles. The Bertz CT molecular complexity index is 443. The van der Waals surface area contributed by atoms with Crippen LogP contribution in [0.3, 0.4) is 0 Å². The molecule has 2 heterocycles. The van der Waals surface area contributed by atoms with E-state index >= 15 is 0 Å². The second kappa shape index (κ2) is 3.50. The first-order chi connectivity index (χ1) is 7.43. The second-order valence-corrected chi connectivity index (χ2v) is 4.01. The van der Waals surface area contributed by atoms with Gasteiger partial charge in [0.05, 0.1) is 17.9 Å². The van der Waals surface area contributed by atoms with E-state index in [1.54, 1.807) is 0 Å². The molecule has 15 heavy (non-hydrogen) atoms. The van der Waals surface area contributed by atoms with Crippen LogP contribution in [0.2, 0.25) is 0 Å². The molecule has 3 nitrogen and oxygen atoms in total. The molecule has 0 aliphatic heterocycles. The Morgan fingerprint density at radius 3 is 2.87 bits per heavy atom. The normalized spacial score (nSPS) is 16.3. The average molecular weight is 199 g/mol. The lowest BCUT2D eigenvalue weighted by molar-refractivity contribution is 0.289. The van der Waals surface area contributed by atoms with Crippen molar-refractivity contribution < 1.29 is 0 Å². The van der Waals surface area contributed by atoms with Crippen LogP contribution >= 0.6 is 0 Å². The Balaban J connectivity index is 1.90. The van der Waals surface area contributed by atoms with Crippen LogP contribution in [0.1, 0.15) is 25.3 Å². The van der Waals surface area contributed by atoms with Crippen molar-refractivity contribution in [3.8, 4) is 11.3 Å². The third kappa shape index (κ3) is 1.54. The predicted molar refractivity (Wildman–Crippen MR) is 58.3 cm³/mol. The smallest absolute Gasteiger partial charge is 0.0733 e. The first-order valence-corrected chi connectivity index (χ1v) is 5.39. The Morgan fingerprint density at radius 2 is 2.20 bits per heavy atom. The van der Waals surface area contributed by atoms with Gasteiger partial charge in [-0.2, -0.15) is 5.10 Å². The summed E-state index contributed by atoms with van der Waals surface area (Å²) in [5, 5.41) is 4.39. The van der Waals surface area contributed by atoms with Crippen molar-refractivity contribution in [3.63, 3.8) is 0 Å². The van der Waals surface area contributed by atoms with E-state index < -0.39 is 0 Å². The summed E-state index contributed by atoms with van der Waals surface area (Å²) in [6, 6.07) is 6.58. The Hall–Kier alpha value is -1.64. The maximum absolute atomic E-state index is 4.39. The molecule has 0 N–H and O–H groups in total. The van der Waals surface area contributed by atoms with Gasteiger partial charge in [-0.15, -0.1) is 0 Å². The van der Waals surface area contributed by atoms with Gasteiger partial charge in [0.25, 0.3) is 0 Å². The molecule has 0 atom stereocenters. The highest BCUT2D eigenvalue weighted by atomic mass is 15.3. The van der Waals surface area contributed by atoms with Crippen LogP contribution in [0.4, 0.5) is 0 Å². The van der Waals surface area contributed by atoms with E-state index in [-0.39, 0.29) is 0 Å². The molecule has 1 fully saturated rings. The summed E-state index contributed by atoms with van der Waals surface area (Å²) in [6.07, 6.45) is 9.69. The van der Waals surface area contributed by atoms with Crippen LogP contribution in [-0.2, 0) is 0 Å². The lowest BCUT2D eigenvalue weighted by Gasteiger charge is -2.25. The Kier molecular flexibility index (Phi) is 2.02. The highest BCUT2D eigenvalue weighted by Gasteiger charge is 2.20. The topological polar surface area (TPSA) is 30.7 Å².